The van der Waals surface area contributed by atoms with Crippen LogP contribution in [0.5, 0.6) is 0 Å². The van der Waals surface area contributed by atoms with E-state index in [9.17, 15) is 4.79 Å². The maximum atomic E-state index is 11.9. The normalized spacial score (nSPS) is 15.9. The molecule has 8 nitrogen and oxygen atoms in total. The lowest BCUT2D eigenvalue weighted by atomic mass is 10.3. The largest absolute Gasteiger partial charge is 0.357 e. The number of aromatic nitrogens is 2. The molecule has 0 saturated carbocycles. The molecule has 0 spiro atoms. The van der Waals surface area contributed by atoms with Crippen molar-refractivity contribution in [1.82, 2.24) is 30.0 Å². The Bertz CT molecular complexity index is 618. The zero-order valence-electron chi connectivity index (χ0n) is 17.9. The number of aliphatic imine (C=N–C) groups is 1. The van der Waals surface area contributed by atoms with Crippen LogP contribution in [0.25, 0.3) is 0 Å². The first-order valence-corrected chi connectivity index (χ1v) is 10.5. The number of piperazine rings is 1. The van der Waals surface area contributed by atoms with E-state index in [0.29, 0.717) is 6.54 Å². The number of nitrogens with zero attached hydrogens (tertiary/aromatic N) is 5. The van der Waals surface area contributed by atoms with Crippen molar-refractivity contribution in [3.63, 3.8) is 0 Å². The van der Waals surface area contributed by atoms with E-state index in [2.05, 4.69) is 36.9 Å². The van der Waals surface area contributed by atoms with E-state index in [1.54, 1.807) is 0 Å². The Morgan fingerprint density at radius 3 is 2.61 bits per heavy atom. The first-order valence-electron chi connectivity index (χ1n) is 10.5. The second-order valence-corrected chi connectivity index (χ2v) is 7.60. The van der Waals surface area contributed by atoms with E-state index in [1.165, 1.54) is 0 Å². The highest BCUT2D eigenvalue weighted by molar-refractivity contribution is 5.80. The topological polar surface area (TPSA) is 77.8 Å². The molecule has 2 N–H and O–H groups in total. The Morgan fingerprint density at radius 2 is 2.00 bits per heavy atom. The van der Waals surface area contributed by atoms with Crippen LogP contribution in [-0.2, 0) is 11.3 Å². The number of amides is 1. The summed E-state index contributed by atoms with van der Waals surface area (Å²) in [6.07, 6.45) is 6.03. The minimum atomic E-state index is 0.108. The number of hydrogen-bond acceptors (Lipinski definition) is 4. The molecule has 2 rings (SSSR count). The molecule has 0 aromatic carbocycles. The van der Waals surface area contributed by atoms with E-state index >= 15 is 0 Å². The molecule has 1 aliphatic rings. The van der Waals surface area contributed by atoms with E-state index < -0.39 is 0 Å². The summed E-state index contributed by atoms with van der Waals surface area (Å²) in [5, 5.41) is 6.37. The smallest absolute Gasteiger partial charge is 0.234 e. The van der Waals surface area contributed by atoms with Crippen molar-refractivity contribution in [2.24, 2.45) is 4.99 Å². The highest BCUT2D eigenvalue weighted by atomic mass is 16.2. The molecule has 0 unspecified atom stereocenters. The first-order chi connectivity index (χ1) is 13.5. The summed E-state index contributed by atoms with van der Waals surface area (Å²) < 4.78 is 2.18. The SMILES string of the molecule is CCNC(=NCCCCn1ccnc1C)N1CCN(CC(=O)NC(C)C)CC1. The van der Waals surface area contributed by atoms with Crippen molar-refractivity contribution in [2.45, 2.75) is 53.1 Å². The molecule has 158 valence electrons. The molecule has 0 aliphatic carbocycles. The van der Waals surface area contributed by atoms with Crippen LogP contribution < -0.4 is 10.6 Å². The van der Waals surface area contributed by atoms with Crippen molar-refractivity contribution in [1.29, 1.82) is 0 Å². The quantitative estimate of drug-likeness (QED) is 0.374. The van der Waals surface area contributed by atoms with Gasteiger partial charge >= 0.3 is 0 Å². The molecule has 1 saturated heterocycles. The highest BCUT2D eigenvalue weighted by Crippen LogP contribution is 2.04. The lowest BCUT2D eigenvalue weighted by Gasteiger charge is -2.36. The van der Waals surface area contributed by atoms with Gasteiger partial charge in [0, 0.05) is 64.2 Å². The molecule has 1 amide bonds. The maximum absolute atomic E-state index is 11.9. The number of guanidine groups is 1. The average molecular weight is 392 g/mol. The molecule has 0 bridgehead atoms. The fourth-order valence-electron chi connectivity index (χ4n) is 3.33. The summed E-state index contributed by atoms with van der Waals surface area (Å²) in [5.74, 6) is 2.17. The van der Waals surface area contributed by atoms with Gasteiger partial charge in [-0.25, -0.2) is 4.98 Å². The predicted molar refractivity (Wildman–Crippen MR) is 113 cm³/mol. The van der Waals surface area contributed by atoms with E-state index in [0.717, 1.165) is 70.4 Å². The van der Waals surface area contributed by atoms with Gasteiger partial charge in [0.05, 0.1) is 6.54 Å². The number of hydrogen-bond donors (Lipinski definition) is 2. The molecule has 0 radical (unpaired) electrons. The van der Waals surface area contributed by atoms with Gasteiger partial charge in [0.1, 0.15) is 5.82 Å². The Kier molecular flexibility index (Phi) is 9.27. The Hall–Kier alpha value is -2.09. The van der Waals surface area contributed by atoms with E-state index in [1.807, 2.05) is 33.2 Å². The first kappa shape index (κ1) is 22.2. The predicted octanol–water partition coefficient (Wildman–Crippen LogP) is 1.08. The van der Waals surface area contributed by atoms with Crippen molar-refractivity contribution in [3.8, 4) is 0 Å². The molecule has 1 aliphatic heterocycles. The van der Waals surface area contributed by atoms with Gasteiger partial charge in [-0.05, 0) is 40.5 Å². The van der Waals surface area contributed by atoms with Crippen molar-refractivity contribution >= 4 is 11.9 Å². The minimum absolute atomic E-state index is 0.108. The molecular formula is C20H37N7O. The fraction of sp³-hybridized carbons (Fsp3) is 0.750. The van der Waals surface area contributed by atoms with Crippen molar-refractivity contribution in [3.05, 3.63) is 18.2 Å². The number of carbonyl (C=O) groups excluding carboxylic acids is 1. The third-order valence-electron chi connectivity index (χ3n) is 4.82. The Labute approximate surface area is 169 Å². The van der Waals surface area contributed by atoms with E-state index in [4.69, 9.17) is 4.99 Å². The van der Waals surface area contributed by atoms with Crippen LogP contribution in [0.2, 0.25) is 0 Å². The zero-order chi connectivity index (χ0) is 20.4. The monoisotopic (exact) mass is 391 g/mol. The lowest BCUT2D eigenvalue weighted by molar-refractivity contribution is -0.123. The molecule has 1 aromatic rings. The van der Waals surface area contributed by atoms with Crippen LogP contribution in [0, 0.1) is 6.92 Å². The summed E-state index contributed by atoms with van der Waals surface area (Å²) in [5.41, 5.74) is 0. The van der Waals surface area contributed by atoms with E-state index in [-0.39, 0.29) is 11.9 Å². The summed E-state index contributed by atoms with van der Waals surface area (Å²) in [6, 6.07) is 0.193. The summed E-state index contributed by atoms with van der Waals surface area (Å²) in [6.45, 7) is 14.9. The second kappa shape index (κ2) is 11.7. The molecule has 1 fully saturated rings. The van der Waals surface area contributed by atoms with Crippen LogP contribution in [0.3, 0.4) is 0 Å². The molecular weight excluding hydrogens is 354 g/mol. The van der Waals surface area contributed by atoms with Crippen LogP contribution in [0.4, 0.5) is 0 Å². The van der Waals surface area contributed by atoms with Crippen molar-refractivity contribution in [2.75, 3.05) is 45.8 Å². The number of rotatable bonds is 9. The van der Waals surface area contributed by atoms with Gasteiger partial charge < -0.3 is 20.1 Å². The Morgan fingerprint density at radius 1 is 1.25 bits per heavy atom. The summed E-state index contributed by atoms with van der Waals surface area (Å²) >= 11 is 0. The van der Waals surface area contributed by atoms with Crippen LogP contribution >= 0.6 is 0 Å². The standard InChI is InChI=1S/C20H37N7O/c1-5-21-20(23-8-6-7-10-26-11-9-22-18(26)4)27-14-12-25(13-15-27)16-19(28)24-17(2)3/h9,11,17H,5-8,10,12-16H2,1-4H3,(H,21,23)(H,24,28). The van der Waals surface area contributed by atoms with Gasteiger partial charge in [-0.15, -0.1) is 0 Å². The molecule has 28 heavy (non-hydrogen) atoms. The minimum Gasteiger partial charge on any atom is -0.357 e. The van der Waals surface area contributed by atoms with Gasteiger partial charge in [0.15, 0.2) is 5.96 Å². The number of imidazole rings is 1. The van der Waals surface area contributed by atoms with Crippen LogP contribution in [0.15, 0.2) is 17.4 Å². The second-order valence-electron chi connectivity index (χ2n) is 7.60. The molecule has 0 atom stereocenters. The number of nitrogens with one attached hydrogen (secondary N) is 2. The van der Waals surface area contributed by atoms with Gasteiger partial charge in [-0.2, -0.15) is 0 Å². The van der Waals surface area contributed by atoms with Gasteiger partial charge in [-0.3, -0.25) is 14.7 Å². The third kappa shape index (κ3) is 7.50. The zero-order valence-corrected chi connectivity index (χ0v) is 17.9. The average Bonchev–Trinajstić information content (AvgIpc) is 3.05. The number of carbonyl (C=O) groups is 1. The lowest BCUT2D eigenvalue weighted by Crippen LogP contribution is -2.54. The molecule has 8 heteroatoms. The van der Waals surface area contributed by atoms with Crippen molar-refractivity contribution < 1.29 is 4.79 Å². The van der Waals surface area contributed by atoms with Gasteiger partial charge in [0.2, 0.25) is 5.91 Å². The van der Waals surface area contributed by atoms with Crippen LogP contribution in [0.1, 0.15) is 39.4 Å². The van der Waals surface area contributed by atoms with Gasteiger partial charge in [-0.1, -0.05) is 0 Å². The Balaban J connectivity index is 1.73. The fourth-order valence-corrected chi connectivity index (χ4v) is 3.33. The van der Waals surface area contributed by atoms with Gasteiger partial charge in [0.25, 0.3) is 0 Å². The summed E-state index contributed by atoms with van der Waals surface area (Å²) in [7, 11) is 0. The maximum Gasteiger partial charge on any atom is 0.234 e. The third-order valence-corrected chi connectivity index (χ3v) is 4.82. The number of unbranched alkanes of at least 4 members (excludes halogenated alkanes) is 1. The number of aryl methyl sites for hydroxylation is 2. The summed E-state index contributed by atoms with van der Waals surface area (Å²) in [4.78, 5) is 25.5. The van der Waals surface area contributed by atoms with Crippen LogP contribution in [-0.4, -0.2) is 83.1 Å². The highest BCUT2D eigenvalue weighted by Gasteiger charge is 2.21. The molecule has 1 aromatic heterocycles. The molecule has 2 heterocycles.